The van der Waals surface area contributed by atoms with E-state index in [0.717, 1.165) is 19.4 Å². The topological polar surface area (TPSA) is 23.5 Å². The van der Waals surface area contributed by atoms with Gasteiger partial charge >= 0.3 is 0 Å². The zero-order chi connectivity index (χ0) is 11.2. The van der Waals surface area contributed by atoms with E-state index in [9.17, 15) is 5.11 Å². The van der Waals surface area contributed by atoms with Gasteiger partial charge in [-0.2, -0.15) is 0 Å². The number of hydrogen-bond donors (Lipinski definition) is 1. The van der Waals surface area contributed by atoms with Crippen molar-refractivity contribution in [3.63, 3.8) is 0 Å². The molecule has 1 fully saturated rings. The highest BCUT2D eigenvalue weighted by atomic mass is 16.3. The molecule has 1 aliphatic heterocycles. The lowest BCUT2D eigenvalue weighted by Gasteiger charge is -2.50. The van der Waals surface area contributed by atoms with Crippen LogP contribution >= 0.6 is 0 Å². The average Bonchev–Trinajstić information content (AvgIpc) is 2.28. The quantitative estimate of drug-likeness (QED) is 0.777. The fraction of sp³-hybridized carbons (Fsp3) is 0.429. The number of nitrogens with zero attached hydrogens (tertiary/aromatic N) is 1. The molecular formula is C14H17NO. The number of fused-ring (bicyclic) bond motifs is 1. The molecule has 1 saturated carbocycles. The van der Waals surface area contributed by atoms with E-state index in [1.807, 2.05) is 6.92 Å². The third kappa shape index (κ3) is 1.37. The van der Waals surface area contributed by atoms with Gasteiger partial charge in [0.25, 0.3) is 0 Å². The van der Waals surface area contributed by atoms with E-state index < -0.39 is 5.60 Å². The molecule has 3 rings (SSSR count). The molecule has 1 aliphatic carbocycles. The van der Waals surface area contributed by atoms with Gasteiger partial charge in [-0.1, -0.05) is 30.4 Å². The van der Waals surface area contributed by atoms with Crippen molar-refractivity contribution in [2.75, 3.05) is 11.4 Å². The molecule has 0 saturated heterocycles. The standard InChI is InChI=1S/C14H17NO/c1-14(16)9-8-13(14)15-10-4-6-11-5-2-3-7-12(11)15/h2-7,13,16H,8-10H2,1H3. The van der Waals surface area contributed by atoms with Crippen molar-refractivity contribution in [3.05, 3.63) is 35.9 Å². The number of anilines is 1. The molecule has 1 aromatic rings. The van der Waals surface area contributed by atoms with E-state index in [-0.39, 0.29) is 6.04 Å². The fourth-order valence-corrected chi connectivity index (χ4v) is 2.76. The maximum Gasteiger partial charge on any atom is 0.0822 e. The summed E-state index contributed by atoms with van der Waals surface area (Å²) in [7, 11) is 0. The Morgan fingerprint density at radius 2 is 2.19 bits per heavy atom. The first-order chi connectivity index (χ1) is 7.68. The third-order valence-electron chi connectivity index (χ3n) is 3.86. The van der Waals surface area contributed by atoms with E-state index in [0.29, 0.717) is 0 Å². The second-order valence-corrected chi connectivity index (χ2v) is 5.03. The average molecular weight is 215 g/mol. The summed E-state index contributed by atoms with van der Waals surface area (Å²) in [5, 5.41) is 10.2. The molecule has 2 heteroatoms. The monoisotopic (exact) mass is 215 g/mol. The van der Waals surface area contributed by atoms with Crippen molar-refractivity contribution in [2.24, 2.45) is 0 Å². The molecule has 1 N–H and O–H groups in total. The van der Waals surface area contributed by atoms with Crippen LogP contribution in [0.4, 0.5) is 5.69 Å². The van der Waals surface area contributed by atoms with Gasteiger partial charge in [-0.25, -0.2) is 0 Å². The van der Waals surface area contributed by atoms with Gasteiger partial charge in [0.1, 0.15) is 0 Å². The minimum Gasteiger partial charge on any atom is -0.388 e. The highest BCUT2D eigenvalue weighted by Crippen LogP contribution is 2.40. The van der Waals surface area contributed by atoms with Gasteiger partial charge in [-0.3, -0.25) is 0 Å². The summed E-state index contributed by atoms with van der Waals surface area (Å²) in [5.41, 5.74) is 2.00. The summed E-state index contributed by atoms with van der Waals surface area (Å²) in [6.45, 7) is 2.86. The maximum absolute atomic E-state index is 10.2. The van der Waals surface area contributed by atoms with E-state index in [4.69, 9.17) is 0 Å². The Morgan fingerprint density at radius 1 is 1.38 bits per heavy atom. The Balaban J connectivity index is 1.96. The first-order valence-corrected chi connectivity index (χ1v) is 5.93. The van der Waals surface area contributed by atoms with Crippen molar-refractivity contribution in [3.8, 4) is 0 Å². The van der Waals surface area contributed by atoms with Crippen molar-refractivity contribution in [2.45, 2.75) is 31.4 Å². The van der Waals surface area contributed by atoms with E-state index in [1.165, 1.54) is 11.3 Å². The van der Waals surface area contributed by atoms with Crippen molar-refractivity contribution < 1.29 is 5.11 Å². The number of rotatable bonds is 1. The molecule has 2 atom stereocenters. The van der Waals surface area contributed by atoms with E-state index in [2.05, 4.69) is 41.3 Å². The van der Waals surface area contributed by atoms with Crippen LogP contribution in [-0.4, -0.2) is 23.3 Å². The summed E-state index contributed by atoms with van der Waals surface area (Å²) in [6.07, 6.45) is 6.35. The first-order valence-electron chi connectivity index (χ1n) is 5.93. The van der Waals surface area contributed by atoms with Gasteiger partial charge in [-0.15, -0.1) is 0 Å². The Morgan fingerprint density at radius 3 is 2.88 bits per heavy atom. The van der Waals surface area contributed by atoms with E-state index >= 15 is 0 Å². The van der Waals surface area contributed by atoms with Crippen LogP contribution < -0.4 is 4.90 Å². The van der Waals surface area contributed by atoms with Crippen molar-refractivity contribution in [1.82, 2.24) is 0 Å². The molecule has 1 heterocycles. The molecule has 16 heavy (non-hydrogen) atoms. The summed E-state index contributed by atoms with van der Waals surface area (Å²) in [5.74, 6) is 0. The molecular weight excluding hydrogens is 198 g/mol. The number of benzene rings is 1. The summed E-state index contributed by atoms with van der Waals surface area (Å²) >= 11 is 0. The predicted molar refractivity (Wildman–Crippen MR) is 66.5 cm³/mol. The van der Waals surface area contributed by atoms with Crippen LogP contribution in [0.3, 0.4) is 0 Å². The lowest BCUT2D eigenvalue weighted by atomic mass is 9.75. The Hall–Kier alpha value is -1.28. The number of aliphatic hydroxyl groups is 1. The highest BCUT2D eigenvalue weighted by Gasteiger charge is 2.44. The van der Waals surface area contributed by atoms with Crippen LogP contribution in [-0.2, 0) is 0 Å². The minimum absolute atomic E-state index is 0.276. The van der Waals surface area contributed by atoms with Gasteiger partial charge < -0.3 is 10.0 Å². The zero-order valence-corrected chi connectivity index (χ0v) is 9.56. The summed E-state index contributed by atoms with van der Waals surface area (Å²) in [4.78, 5) is 2.33. The Bertz CT molecular complexity index is 436. The Kier molecular flexibility index (Phi) is 2.08. The van der Waals surface area contributed by atoms with Gasteiger partial charge in [0, 0.05) is 12.2 Å². The predicted octanol–water partition coefficient (Wildman–Crippen LogP) is 2.43. The van der Waals surface area contributed by atoms with Crippen LogP contribution in [0.2, 0.25) is 0 Å². The van der Waals surface area contributed by atoms with Crippen LogP contribution in [0.1, 0.15) is 25.3 Å². The van der Waals surface area contributed by atoms with Crippen LogP contribution in [0.5, 0.6) is 0 Å². The smallest absolute Gasteiger partial charge is 0.0822 e. The normalized spacial score (nSPS) is 32.1. The molecule has 2 unspecified atom stereocenters. The molecule has 0 aromatic heterocycles. The lowest BCUT2D eigenvalue weighted by molar-refractivity contribution is -0.0392. The van der Waals surface area contributed by atoms with Crippen LogP contribution in [0, 0.1) is 0 Å². The molecule has 2 aliphatic rings. The third-order valence-corrected chi connectivity index (χ3v) is 3.86. The molecule has 84 valence electrons. The molecule has 2 nitrogen and oxygen atoms in total. The molecule has 0 radical (unpaired) electrons. The molecule has 0 spiro atoms. The second kappa shape index (κ2) is 3.36. The van der Waals surface area contributed by atoms with Crippen LogP contribution in [0.15, 0.2) is 30.3 Å². The molecule has 0 bridgehead atoms. The van der Waals surface area contributed by atoms with Gasteiger partial charge in [0.15, 0.2) is 0 Å². The number of hydrogen-bond acceptors (Lipinski definition) is 2. The maximum atomic E-state index is 10.2. The fourth-order valence-electron chi connectivity index (χ4n) is 2.76. The van der Waals surface area contributed by atoms with Gasteiger partial charge in [0.2, 0.25) is 0 Å². The molecule has 1 aromatic carbocycles. The second-order valence-electron chi connectivity index (χ2n) is 5.03. The lowest BCUT2D eigenvalue weighted by Crippen LogP contribution is -2.59. The summed E-state index contributed by atoms with van der Waals surface area (Å²) in [6, 6.07) is 8.68. The minimum atomic E-state index is -0.516. The van der Waals surface area contributed by atoms with Crippen molar-refractivity contribution in [1.29, 1.82) is 0 Å². The molecule has 0 amide bonds. The zero-order valence-electron chi connectivity index (χ0n) is 9.56. The van der Waals surface area contributed by atoms with E-state index in [1.54, 1.807) is 0 Å². The first kappa shape index (κ1) is 9.91. The highest BCUT2D eigenvalue weighted by molar-refractivity contribution is 5.71. The Labute approximate surface area is 96.2 Å². The largest absolute Gasteiger partial charge is 0.388 e. The SMILES string of the molecule is CC1(O)CCC1N1CC=Cc2ccccc21. The van der Waals surface area contributed by atoms with Crippen molar-refractivity contribution >= 4 is 11.8 Å². The van der Waals surface area contributed by atoms with Gasteiger partial charge in [-0.05, 0) is 31.4 Å². The summed E-state index contributed by atoms with van der Waals surface area (Å²) < 4.78 is 0. The van der Waals surface area contributed by atoms with Crippen LogP contribution in [0.25, 0.3) is 6.08 Å². The number of para-hydroxylation sites is 1. The van der Waals surface area contributed by atoms with Gasteiger partial charge in [0.05, 0.1) is 11.6 Å².